The Morgan fingerprint density at radius 3 is 2.59 bits per heavy atom. The van der Waals surface area contributed by atoms with Crippen LogP contribution in [0.2, 0.25) is 0 Å². The number of hydrogen-bond acceptors (Lipinski definition) is 5. The van der Waals surface area contributed by atoms with Crippen LogP contribution in [0.25, 0.3) is 0 Å². The lowest BCUT2D eigenvalue weighted by atomic mass is 10.1. The van der Waals surface area contributed by atoms with Gasteiger partial charge in [0.25, 0.3) is 11.8 Å². The minimum absolute atomic E-state index is 0.276. The third-order valence-corrected chi connectivity index (χ3v) is 4.00. The number of hydrogen-bond donors (Lipinski definition) is 2. The first-order chi connectivity index (χ1) is 10.5. The highest BCUT2D eigenvalue weighted by atomic mass is 35.5. The Balaban J connectivity index is 2.17. The number of para-hydroxylation sites is 1. The van der Waals surface area contributed by atoms with Crippen LogP contribution in [-0.2, 0) is 11.2 Å². The fourth-order valence-electron chi connectivity index (χ4n) is 1.59. The number of carbonyl (C=O) groups excluding carboxylic acids is 2. The van der Waals surface area contributed by atoms with Crippen LogP contribution in [0.1, 0.15) is 22.3 Å². The highest BCUT2D eigenvalue weighted by Gasteiger charge is 2.17. The van der Waals surface area contributed by atoms with Gasteiger partial charge in [0.15, 0.2) is 4.84 Å². The molecule has 0 fully saturated rings. The molecule has 2 amide bonds. The van der Waals surface area contributed by atoms with E-state index in [1.165, 1.54) is 11.3 Å². The lowest BCUT2D eigenvalue weighted by molar-refractivity contribution is -0.114. The van der Waals surface area contributed by atoms with E-state index in [2.05, 4.69) is 20.8 Å². The van der Waals surface area contributed by atoms with Gasteiger partial charge in [-0.15, -0.1) is 10.2 Å². The van der Waals surface area contributed by atoms with Crippen LogP contribution in [0.3, 0.4) is 0 Å². The van der Waals surface area contributed by atoms with Crippen molar-refractivity contribution in [3.8, 4) is 0 Å². The van der Waals surface area contributed by atoms with Gasteiger partial charge in [-0.1, -0.05) is 53.6 Å². The average Bonchev–Trinajstić information content (AvgIpc) is 2.95. The van der Waals surface area contributed by atoms with Gasteiger partial charge in [0.1, 0.15) is 5.01 Å². The third-order valence-electron chi connectivity index (χ3n) is 2.62. The Bertz CT molecular complexity index is 690. The topological polar surface area (TPSA) is 84.0 Å². The number of aromatic nitrogens is 2. The molecule has 2 rings (SSSR count). The summed E-state index contributed by atoms with van der Waals surface area (Å²) in [6.45, 7) is 1.95. The molecule has 1 heterocycles. The predicted molar refractivity (Wildman–Crippen MR) is 87.8 cm³/mol. The fraction of sp³-hybridized carbons (Fsp3) is 0.231. The smallest absolute Gasteiger partial charge is 0.259 e. The monoisotopic (exact) mass is 358 g/mol. The number of alkyl halides is 2. The van der Waals surface area contributed by atoms with Crippen molar-refractivity contribution in [1.29, 1.82) is 0 Å². The maximum absolute atomic E-state index is 12.3. The van der Waals surface area contributed by atoms with Crippen LogP contribution >= 0.6 is 34.5 Å². The summed E-state index contributed by atoms with van der Waals surface area (Å²) in [6, 6.07) is 6.52. The van der Waals surface area contributed by atoms with E-state index in [1.54, 1.807) is 24.3 Å². The van der Waals surface area contributed by atoms with Crippen LogP contribution in [-0.4, -0.2) is 26.8 Å². The molecule has 0 aliphatic rings. The first-order valence-electron chi connectivity index (χ1n) is 6.33. The van der Waals surface area contributed by atoms with Crippen LogP contribution < -0.4 is 10.6 Å². The molecule has 1 aromatic heterocycles. The van der Waals surface area contributed by atoms with Crippen molar-refractivity contribution < 1.29 is 9.59 Å². The molecule has 0 saturated carbocycles. The molecule has 2 aromatic rings. The number of carbonyl (C=O) groups is 2. The number of amides is 2. The second-order valence-corrected chi connectivity index (χ2v) is 6.30. The van der Waals surface area contributed by atoms with Gasteiger partial charge in [-0.2, -0.15) is 0 Å². The molecule has 0 spiro atoms. The van der Waals surface area contributed by atoms with E-state index in [-0.39, 0.29) is 5.56 Å². The molecular formula is C13H12Cl2N4O2S. The first kappa shape index (κ1) is 16.7. The number of rotatable bonds is 5. The SMILES string of the molecule is CCc1nnc(NC(=O)c2ccccc2NC(=O)C(Cl)Cl)s1. The lowest BCUT2D eigenvalue weighted by Crippen LogP contribution is -2.21. The molecular weight excluding hydrogens is 347 g/mol. The maximum Gasteiger partial charge on any atom is 0.259 e. The number of nitrogens with zero attached hydrogens (tertiary/aromatic N) is 2. The van der Waals surface area contributed by atoms with Crippen molar-refractivity contribution >= 4 is 57.2 Å². The van der Waals surface area contributed by atoms with E-state index in [4.69, 9.17) is 23.2 Å². The maximum atomic E-state index is 12.3. The standard InChI is InChI=1S/C13H12Cl2N4O2S/c1-2-9-18-19-13(22-9)17-11(20)7-5-3-4-6-8(7)16-12(21)10(14)15/h3-6,10H,2H2,1H3,(H,16,21)(H,17,19,20). The molecule has 1 aromatic carbocycles. The number of anilines is 2. The van der Waals surface area contributed by atoms with E-state index < -0.39 is 16.7 Å². The molecule has 6 nitrogen and oxygen atoms in total. The second kappa shape index (κ2) is 7.53. The quantitative estimate of drug-likeness (QED) is 0.804. The van der Waals surface area contributed by atoms with Crippen LogP contribution in [0.4, 0.5) is 10.8 Å². The van der Waals surface area contributed by atoms with Crippen LogP contribution in [0, 0.1) is 0 Å². The Kier molecular flexibility index (Phi) is 5.70. The zero-order chi connectivity index (χ0) is 16.1. The van der Waals surface area contributed by atoms with Crippen molar-refractivity contribution in [3.63, 3.8) is 0 Å². The zero-order valence-electron chi connectivity index (χ0n) is 11.5. The predicted octanol–water partition coefficient (Wildman–Crippen LogP) is 3.10. The van der Waals surface area contributed by atoms with Gasteiger partial charge in [-0.25, -0.2) is 0 Å². The summed E-state index contributed by atoms with van der Waals surface area (Å²) in [5.41, 5.74) is 0.592. The molecule has 0 aliphatic carbocycles. The molecule has 0 atom stereocenters. The molecule has 0 unspecified atom stereocenters. The van der Waals surface area contributed by atoms with Gasteiger partial charge in [-0.05, 0) is 18.6 Å². The van der Waals surface area contributed by atoms with Gasteiger partial charge in [0.2, 0.25) is 5.13 Å². The summed E-state index contributed by atoms with van der Waals surface area (Å²) >= 11 is 12.3. The molecule has 0 saturated heterocycles. The van der Waals surface area contributed by atoms with Crippen molar-refractivity contribution in [2.45, 2.75) is 18.2 Å². The Labute approximate surface area is 140 Å². The van der Waals surface area contributed by atoms with Gasteiger partial charge in [0, 0.05) is 0 Å². The molecule has 2 N–H and O–H groups in total. The number of halogens is 2. The van der Waals surface area contributed by atoms with Gasteiger partial charge < -0.3 is 5.32 Å². The summed E-state index contributed by atoms with van der Waals surface area (Å²) in [5, 5.41) is 14.2. The van der Waals surface area contributed by atoms with Crippen molar-refractivity contribution in [1.82, 2.24) is 10.2 Å². The van der Waals surface area contributed by atoms with Crippen LogP contribution in [0.5, 0.6) is 0 Å². The highest BCUT2D eigenvalue weighted by Crippen LogP contribution is 2.20. The average molecular weight is 359 g/mol. The second-order valence-electron chi connectivity index (χ2n) is 4.14. The Hall–Kier alpha value is -1.70. The summed E-state index contributed by atoms with van der Waals surface area (Å²) < 4.78 is 0. The van der Waals surface area contributed by atoms with E-state index in [0.29, 0.717) is 10.8 Å². The van der Waals surface area contributed by atoms with E-state index >= 15 is 0 Å². The van der Waals surface area contributed by atoms with E-state index in [1.807, 2.05) is 6.92 Å². The normalized spacial score (nSPS) is 10.5. The van der Waals surface area contributed by atoms with Crippen molar-refractivity contribution in [3.05, 3.63) is 34.8 Å². The Morgan fingerprint density at radius 2 is 1.95 bits per heavy atom. The highest BCUT2D eigenvalue weighted by molar-refractivity contribution is 7.15. The Morgan fingerprint density at radius 1 is 1.23 bits per heavy atom. The molecule has 0 aliphatic heterocycles. The molecule has 9 heteroatoms. The van der Waals surface area contributed by atoms with Crippen molar-refractivity contribution in [2.75, 3.05) is 10.6 Å². The lowest BCUT2D eigenvalue weighted by Gasteiger charge is -2.10. The largest absolute Gasteiger partial charge is 0.323 e. The van der Waals surface area contributed by atoms with Gasteiger partial charge >= 0.3 is 0 Å². The summed E-state index contributed by atoms with van der Waals surface area (Å²) in [5.74, 6) is -1.01. The number of benzene rings is 1. The van der Waals surface area contributed by atoms with Crippen LogP contribution in [0.15, 0.2) is 24.3 Å². The summed E-state index contributed by atoms with van der Waals surface area (Å²) in [6.07, 6.45) is 0.743. The first-order valence-corrected chi connectivity index (χ1v) is 8.02. The third kappa shape index (κ3) is 4.16. The molecule has 0 radical (unpaired) electrons. The van der Waals surface area contributed by atoms with Crippen molar-refractivity contribution in [2.24, 2.45) is 0 Å². The van der Waals surface area contributed by atoms with Gasteiger partial charge in [-0.3, -0.25) is 14.9 Å². The minimum Gasteiger partial charge on any atom is -0.323 e. The van der Waals surface area contributed by atoms with E-state index in [0.717, 1.165) is 11.4 Å². The van der Waals surface area contributed by atoms with E-state index in [9.17, 15) is 9.59 Å². The number of nitrogens with one attached hydrogen (secondary N) is 2. The minimum atomic E-state index is -1.22. The summed E-state index contributed by atoms with van der Waals surface area (Å²) in [7, 11) is 0. The number of aryl methyl sites for hydroxylation is 1. The zero-order valence-corrected chi connectivity index (χ0v) is 13.8. The fourth-order valence-corrected chi connectivity index (χ4v) is 2.37. The molecule has 22 heavy (non-hydrogen) atoms. The molecule has 0 bridgehead atoms. The molecule has 116 valence electrons. The summed E-state index contributed by atoms with van der Waals surface area (Å²) in [4.78, 5) is 22.6. The van der Waals surface area contributed by atoms with Gasteiger partial charge in [0.05, 0.1) is 11.3 Å².